The summed E-state index contributed by atoms with van der Waals surface area (Å²) in [4.78, 5) is 42.4. The number of ether oxygens (including phenoxy) is 1. The van der Waals surface area contributed by atoms with Gasteiger partial charge in [0.2, 0.25) is 5.91 Å². The lowest BCUT2D eigenvalue weighted by atomic mass is 9.93. The summed E-state index contributed by atoms with van der Waals surface area (Å²) in [6.07, 6.45) is 1.98. The van der Waals surface area contributed by atoms with Crippen molar-refractivity contribution in [1.82, 2.24) is 15.2 Å². The number of halogens is 1. The molecule has 3 rings (SSSR count). The molecule has 0 spiro atoms. The van der Waals surface area contributed by atoms with Crippen LogP contribution in [0.4, 0.5) is 0 Å². The molecule has 1 fully saturated rings. The summed E-state index contributed by atoms with van der Waals surface area (Å²) < 4.78 is 5.10. The number of carbonyl (C=O) groups is 3. The molecule has 0 saturated carbocycles. The van der Waals surface area contributed by atoms with Crippen molar-refractivity contribution in [1.29, 1.82) is 0 Å². The number of benzene rings is 1. The Morgan fingerprint density at radius 1 is 1.16 bits per heavy atom. The van der Waals surface area contributed by atoms with Crippen LogP contribution >= 0.6 is 11.6 Å². The summed E-state index contributed by atoms with van der Waals surface area (Å²) >= 11 is 5.88. The Balaban J connectivity index is 1.50. The topological polar surface area (TPSA) is 91.5 Å². The van der Waals surface area contributed by atoms with E-state index in [0.717, 1.165) is 18.4 Å². The lowest BCUT2D eigenvalue weighted by molar-refractivity contribution is -0.122. The molecule has 1 aromatic carbocycles. The number of H-pyrrole nitrogens is 1. The second-order valence-corrected chi connectivity index (χ2v) is 8.62. The third kappa shape index (κ3) is 5.71. The average molecular weight is 460 g/mol. The molecule has 2 amide bonds. The third-order valence-electron chi connectivity index (χ3n) is 5.91. The minimum atomic E-state index is -0.416. The van der Waals surface area contributed by atoms with Crippen molar-refractivity contribution in [2.24, 2.45) is 5.92 Å². The molecule has 1 aliphatic heterocycles. The first-order valence-electron chi connectivity index (χ1n) is 11.0. The molecule has 0 radical (unpaired) electrons. The molecular formula is C24H30ClN3O4. The molecule has 0 bridgehead atoms. The number of nitrogens with zero attached hydrogens (tertiary/aromatic N) is 1. The lowest BCUT2D eigenvalue weighted by Gasteiger charge is -2.31. The highest BCUT2D eigenvalue weighted by Crippen LogP contribution is 2.25. The van der Waals surface area contributed by atoms with E-state index in [1.54, 1.807) is 37.8 Å². The summed E-state index contributed by atoms with van der Waals surface area (Å²) in [6.45, 7) is 7.21. The Kier molecular flexibility index (Phi) is 7.96. The molecule has 172 valence electrons. The van der Waals surface area contributed by atoms with Gasteiger partial charge in [-0.1, -0.05) is 23.7 Å². The van der Waals surface area contributed by atoms with Gasteiger partial charge in [-0.05, 0) is 62.8 Å². The highest BCUT2D eigenvalue weighted by atomic mass is 35.5. The SMILES string of the molecule is CCOC(=O)c1c(C)[nH]c(C(=O)N2CCC(CC(=O)NCc3ccc(Cl)cc3)CC2)c1C. The van der Waals surface area contributed by atoms with Gasteiger partial charge in [0, 0.05) is 36.8 Å². The maximum Gasteiger partial charge on any atom is 0.340 e. The molecule has 1 aliphatic rings. The molecule has 1 aromatic heterocycles. The first-order chi connectivity index (χ1) is 15.3. The summed E-state index contributed by atoms with van der Waals surface area (Å²) in [5, 5.41) is 3.62. The molecule has 32 heavy (non-hydrogen) atoms. The van der Waals surface area contributed by atoms with E-state index in [9.17, 15) is 14.4 Å². The number of hydrogen-bond acceptors (Lipinski definition) is 4. The van der Waals surface area contributed by atoms with Crippen molar-refractivity contribution in [2.45, 2.75) is 46.6 Å². The van der Waals surface area contributed by atoms with Crippen molar-refractivity contribution >= 4 is 29.4 Å². The number of amides is 2. The predicted molar refractivity (Wildman–Crippen MR) is 123 cm³/mol. The highest BCUT2D eigenvalue weighted by Gasteiger charge is 2.29. The van der Waals surface area contributed by atoms with Crippen molar-refractivity contribution in [2.75, 3.05) is 19.7 Å². The molecule has 8 heteroatoms. The van der Waals surface area contributed by atoms with Crippen LogP contribution in [0.1, 0.15) is 63.9 Å². The van der Waals surface area contributed by atoms with Gasteiger partial charge in [0.1, 0.15) is 5.69 Å². The molecular weight excluding hydrogens is 430 g/mol. The largest absolute Gasteiger partial charge is 0.462 e. The fraction of sp³-hybridized carbons (Fsp3) is 0.458. The van der Waals surface area contributed by atoms with E-state index < -0.39 is 5.97 Å². The van der Waals surface area contributed by atoms with Gasteiger partial charge in [-0.2, -0.15) is 0 Å². The number of esters is 1. The number of nitrogens with one attached hydrogen (secondary N) is 2. The number of carbonyl (C=O) groups excluding carboxylic acids is 3. The molecule has 2 aromatic rings. The maximum absolute atomic E-state index is 13.0. The van der Waals surface area contributed by atoms with Gasteiger partial charge >= 0.3 is 5.97 Å². The third-order valence-corrected chi connectivity index (χ3v) is 6.16. The van der Waals surface area contributed by atoms with Crippen LogP contribution in [0.5, 0.6) is 0 Å². The number of aromatic nitrogens is 1. The Labute approximate surface area is 193 Å². The predicted octanol–water partition coefficient (Wildman–Crippen LogP) is 4.02. The van der Waals surface area contributed by atoms with E-state index in [1.807, 2.05) is 12.1 Å². The van der Waals surface area contributed by atoms with E-state index >= 15 is 0 Å². The van der Waals surface area contributed by atoms with Gasteiger partial charge in [-0.15, -0.1) is 0 Å². The second-order valence-electron chi connectivity index (χ2n) is 8.19. The molecule has 2 N–H and O–H groups in total. The van der Waals surface area contributed by atoms with Gasteiger partial charge in [0.15, 0.2) is 0 Å². The quantitative estimate of drug-likeness (QED) is 0.612. The van der Waals surface area contributed by atoms with Crippen molar-refractivity contribution < 1.29 is 19.1 Å². The molecule has 1 saturated heterocycles. The fourth-order valence-corrected chi connectivity index (χ4v) is 4.23. The summed E-state index contributed by atoms with van der Waals surface area (Å²) in [5.74, 6) is -0.279. The monoisotopic (exact) mass is 459 g/mol. The molecule has 0 atom stereocenters. The Bertz CT molecular complexity index is 976. The van der Waals surface area contributed by atoms with Gasteiger partial charge < -0.3 is 19.9 Å². The maximum atomic E-state index is 13.0. The average Bonchev–Trinajstić information content (AvgIpc) is 3.07. The van der Waals surface area contributed by atoms with E-state index in [2.05, 4.69) is 10.3 Å². The van der Waals surface area contributed by atoms with Crippen LogP contribution in [0.15, 0.2) is 24.3 Å². The summed E-state index contributed by atoms with van der Waals surface area (Å²) in [5.41, 5.74) is 3.13. The van der Waals surface area contributed by atoms with Crippen molar-refractivity contribution in [3.05, 3.63) is 57.4 Å². The molecule has 7 nitrogen and oxygen atoms in total. The number of aryl methyl sites for hydroxylation is 1. The van der Waals surface area contributed by atoms with Gasteiger partial charge in [-0.25, -0.2) is 4.79 Å². The zero-order valence-corrected chi connectivity index (χ0v) is 19.6. The molecule has 0 aliphatic carbocycles. The van der Waals surface area contributed by atoms with Crippen molar-refractivity contribution in [3.8, 4) is 0 Å². The summed E-state index contributed by atoms with van der Waals surface area (Å²) in [6, 6.07) is 7.40. The number of rotatable bonds is 7. The normalized spacial score (nSPS) is 14.3. The minimum absolute atomic E-state index is 0.0136. The molecule has 0 unspecified atom stereocenters. The van der Waals surface area contributed by atoms with E-state index in [4.69, 9.17) is 16.3 Å². The van der Waals surface area contributed by atoms with Gasteiger partial charge in [-0.3, -0.25) is 9.59 Å². The highest BCUT2D eigenvalue weighted by molar-refractivity contribution is 6.30. The minimum Gasteiger partial charge on any atom is -0.462 e. The summed E-state index contributed by atoms with van der Waals surface area (Å²) in [7, 11) is 0. The number of aromatic amines is 1. The lowest BCUT2D eigenvalue weighted by Crippen LogP contribution is -2.40. The van der Waals surface area contributed by atoms with E-state index in [0.29, 0.717) is 53.6 Å². The van der Waals surface area contributed by atoms with E-state index in [-0.39, 0.29) is 24.3 Å². The zero-order valence-electron chi connectivity index (χ0n) is 18.8. The van der Waals surface area contributed by atoms with Crippen LogP contribution in [-0.4, -0.2) is 47.4 Å². The van der Waals surface area contributed by atoms with Crippen LogP contribution in [0.25, 0.3) is 0 Å². The van der Waals surface area contributed by atoms with Crippen LogP contribution in [0, 0.1) is 19.8 Å². The van der Waals surface area contributed by atoms with Crippen LogP contribution in [-0.2, 0) is 16.1 Å². The number of piperidine rings is 1. The van der Waals surface area contributed by atoms with Gasteiger partial charge in [0.25, 0.3) is 5.91 Å². The van der Waals surface area contributed by atoms with Gasteiger partial charge in [0.05, 0.1) is 12.2 Å². The van der Waals surface area contributed by atoms with E-state index in [1.165, 1.54) is 0 Å². The van der Waals surface area contributed by atoms with Crippen LogP contribution in [0.3, 0.4) is 0 Å². The van der Waals surface area contributed by atoms with Crippen molar-refractivity contribution in [3.63, 3.8) is 0 Å². The second kappa shape index (κ2) is 10.7. The standard InChI is InChI=1S/C24H30ClN3O4/c1-4-32-24(31)21-15(2)22(27-16(21)3)23(30)28-11-9-17(10-12-28)13-20(29)26-14-18-5-7-19(25)8-6-18/h5-8,17,27H,4,9-14H2,1-3H3,(H,26,29). The Morgan fingerprint density at radius 2 is 1.81 bits per heavy atom. The first-order valence-corrected chi connectivity index (χ1v) is 11.3. The first kappa shape index (κ1) is 23.9. The Hall–Kier alpha value is -2.80. The number of likely N-dealkylation sites (tertiary alicyclic amines) is 1. The fourth-order valence-electron chi connectivity index (χ4n) is 4.11. The number of hydrogen-bond donors (Lipinski definition) is 2. The van der Waals surface area contributed by atoms with Crippen LogP contribution in [0.2, 0.25) is 5.02 Å². The smallest absolute Gasteiger partial charge is 0.340 e. The van der Waals surface area contributed by atoms with Crippen LogP contribution < -0.4 is 5.32 Å². The zero-order chi connectivity index (χ0) is 23.3. The Morgan fingerprint density at radius 3 is 2.44 bits per heavy atom. The molecule has 2 heterocycles.